The van der Waals surface area contributed by atoms with Crippen molar-refractivity contribution in [3.63, 3.8) is 0 Å². The highest BCUT2D eigenvalue weighted by Crippen LogP contribution is 2.42. The van der Waals surface area contributed by atoms with Crippen LogP contribution < -0.4 is 15.4 Å². The minimum atomic E-state index is -0.259. The molecule has 0 spiro atoms. The molecule has 1 aliphatic carbocycles. The van der Waals surface area contributed by atoms with Crippen molar-refractivity contribution in [2.24, 2.45) is 5.41 Å². The number of benzene rings is 1. The fraction of sp³-hybridized carbons (Fsp3) is 0.500. The summed E-state index contributed by atoms with van der Waals surface area (Å²) in [7, 11) is 0. The maximum atomic E-state index is 11.3. The molecule has 1 aromatic rings. The van der Waals surface area contributed by atoms with Gasteiger partial charge in [0.15, 0.2) is 6.61 Å². The summed E-state index contributed by atoms with van der Waals surface area (Å²) < 4.78 is 5.31. The number of aliphatic hydroxyl groups is 1. The van der Waals surface area contributed by atoms with Gasteiger partial charge in [0.05, 0.1) is 11.8 Å². The van der Waals surface area contributed by atoms with Crippen LogP contribution >= 0.6 is 0 Å². The molecule has 3 N–H and O–H groups in total. The lowest BCUT2D eigenvalue weighted by molar-refractivity contribution is -0.118. The van der Waals surface area contributed by atoms with Crippen molar-refractivity contribution in [2.45, 2.75) is 32.4 Å². The molecule has 5 heteroatoms. The summed E-state index contributed by atoms with van der Waals surface area (Å²) in [5.41, 5.74) is 1.49. The zero-order valence-corrected chi connectivity index (χ0v) is 11.1. The third-order valence-electron chi connectivity index (χ3n) is 4.17. The molecular formula is C14H18N2O3. The van der Waals surface area contributed by atoms with Crippen molar-refractivity contribution in [3.8, 4) is 5.75 Å². The van der Waals surface area contributed by atoms with Crippen LogP contribution in [0.15, 0.2) is 18.2 Å². The second kappa shape index (κ2) is 4.13. The van der Waals surface area contributed by atoms with Gasteiger partial charge in [0.1, 0.15) is 5.75 Å². The van der Waals surface area contributed by atoms with Crippen LogP contribution in [0.2, 0.25) is 0 Å². The van der Waals surface area contributed by atoms with Gasteiger partial charge in [0.25, 0.3) is 5.91 Å². The van der Waals surface area contributed by atoms with Crippen molar-refractivity contribution >= 4 is 17.3 Å². The fourth-order valence-electron chi connectivity index (χ4n) is 2.52. The summed E-state index contributed by atoms with van der Waals surface area (Å²) in [6.07, 6.45) is 0.484. The predicted octanol–water partition coefficient (Wildman–Crippen LogP) is 1.59. The Kier molecular flexibility index (Phi) is 2.67. The Hall–Kier alpha value is -1.75. The minimum Gasteiger partial charge on any atom is -0.482 e. The van der Waals surface area contributed by atoms with Gasteiger partial charge >= 0.3 is 0 Å². The van der Waals surface area contributed by atoms with E-state index < -0.39 is 0 Å². The first-order valence-electron chi connectivity index (χ1n) is 6.48. The highest BCUT2D eigenvalue weighted by atomic mass is 16.5. The van der Waals surface area contributed by atoms with Gasteiger partial charge in [-0.15, -0.1) is 0 Å². The average Bonchev–Trinajstić information content (AvgIpc) is 2.38. The maximum Gasteiger partial charge on any atom is 0.262 e. The number of hydrogen-bond donors (Lipinski definition) is 3. The molecule has 1 amide bonds. The SMILES string of the molecule is CC1(C)C(O)CC1Nc1ccc2c(c1)NC(=O)CO2. The van der Waals surface area contributed by atoms with Gasteiger partial charge in [-0.25, -0.2) is 0 Å². The number of nitrogens with one attached hydrogen (secondary N) is 2. The van der Waals surface area contributed by atoms with Crippen LogP contribution in [0.5, 0.6) is 5.75 Å². The second-order valence-corrected chi connectivity index (χ2v) is 5.82. The number of anilines is 2. The molecule has 1 fully saturated rings. The summed E-state index contributed by atoms with van der Waals surface area (Å²) in [4.78, 5) is 11.3. The Morgan fingerprint density at radius 3 is 2.95 bits per heavy atom. The van der Waals surface area contributed by atoms with E-state index in [1.165, 1.54) is 0 Å². The smallest absolute Gasteiger partial charge is 0.262 e. The van der Waals surface area contributed by atoms with Crippen LogP contribution in [0, 0.1) is 5.41 Å². The van der Waals surface area contributed by atoms with E-state index in [4.69, 9.17) is 4.74 Å². The third kappa shape index (κ3) is 2.04. The minimum absolute atomic E-state index is 0.0711. The van der Waals surface area contributed by atoms with E-state index in [1.807, 2.05) is 32.0 Å². The van der Waals surface area contributed by atoms with E-state index in [1.54, 1.807) is 0 Å². The molecule has 19 heavy (non-hydrogen) atoms. The zero-order valence-electron chi connectivity index (χ0n) is 11.1. The summed E-state index contributed by atoms with van der Waals surface area (Å²) in [5.74, 6) is 0.558. The van der Waals surface area contributed by atoms with E-state index in [2.05, 4.69) is 10.6 Å². The normalized spacial score (nSPS) is 27.6. The van der Waals surface area contributed by atoms with Crippen LogP contribution in [0.25, 0.3) is 0 Å². The number of ether oxygens (including phenoxy) is 1. The number of amides is 1. The molecule has 0 saturated heterocycles. The molecule has 0 bridgehead atoms. The van der Waals surface area contributed by atoms with E-state index in [0.717, 1.165) is 12.1 Å². The molecule has 0 radical (unpaired) electrons. The highest BCUT2D eigenvalue weighted by molar-refractivity contribution is 5.96. The van der Waals surface area contributed by atoms with Crippen molar-refractivity contribution < 1.29 is 14.6 Å². The molecule has 1 aliphatic heterocycles. The lowest BCUT2D eigenvalue weighted by Crippen LogP contribution is -2.56. The Balaban J connectivity index is 1.76. The zero-order chi connectivity index (χ0) is 13.6. The lowest BCUT2D eigenvalue weighted by atomic mass is 9.64. The monoisotopic (exact) mass is 262 g/mol. The fourth-order valence-corrected chi connectivity index (χ4v) is 2.52. The standard InChI is InChI=1S/C14H18N2O3/c1-14(2)11(6-12(14)17)15-8-3-4-10-9(5-8)16-13(18)7-19-10/h3-5,11-12,15,17H,6-7H2,1-2H3,(H,16,18). The summed E-state index contributed by atoms with van der Waals surface area (Å²) in [5, 5.41) is 15.9. The van der Waals surface area contributed by atoms with Crippen LogP contribution in [-0.2, 0) is 4.79 Å². The Bertz CT molecular complexity index is 527. The first-order chi connectivity index (χ1) is 8.96. The van der Waals surface area contributed by atoms with E-state index in [-0.39, 0.29) is 30.1 Å². The summed E-state index contributed by atoms with van der Waals surface area (Å²) in [6.45, 7) is 4.16. The third-order valence-corrected chi connectivity index (χ3v) is 4.17. The topological polar surface area (TPSA) is 70.6 Å². The molecule has 1 aromatic carbocycles. The number of rotatable bonds is 2. The predicted molar refractivity (Wildman–Crippen MR) is 72.4 cm³/mol. The lowest BCUT2D eigenvalue weighted by Gasteiger charge is -2.49. The Morgan fingerprint density at radius 2 is 2.26 bits per heavy atom. The van der Waals surface area contributed by atoms with E-state index in [9.17, 15) is 9.90 Å². The molecule has 0 aromatic heterocycles. The van der Waals surface area contributed by atoms with Crippen LogP contribution in [-0.4, -0.2) is 29.8 Å². The molecule has 1 heterocycles. The van der Waals surface area contributed by atoms with E-state index in [0.29, 0.717) is 11.4 Å². The van der Waals surface area contributed by atoms with Gasteiger partial charge in [-0.05, 0) is 24.6 Å². The van der Waals surface area contributed by atoms with Crippen molar-refractivity contribution in [2.75, 3.05) is 17.2 Å². The molecule has 2 unspecified atom stereocenters. The van der Waals surface area contributed by atoms with Crippen LogP contribution in [0.1, 0.15) is 20.3 Å². The molecule has 5 nitrogen and oxygen atoms in total. The number of aliphatic hydroxyl groups excluding tert-OH is 1. The Morgan fingerprint density at radius 1 is 1.47 bits per heavy atom. The van der Waals surface area contributed by atoms with Crippen molar-refractivity contribution in [1.29, 1.82) is 0 Å². The van der Waals surface area contributed by atoms with Crippen LogP contribution in [0.4, 0.5) is 11.4 Å². The van der Waals surface area contributed by atoms with Crippen LogP contribution in [0.3, 0.4) is 0 Å². The number of carbonyl (C=O) groups excluding carboxylic acids is 1. The highest BCUT2D eigenvalue weighted by Gasteiger charge is 2.47. The number of carbonyl (C=O) groups is 1. The quantitative estimate of drug-likeness (QED) is 0.757. The number of fused-ring (bicyclic) bond motifs is 1. The maximum absolute atomic E-state index is 11.3. The van der Waals surface area contributed by atoms with Gasteiger partial charge in [-0.1, -0.05) is 13.8 Å². The summed E-state index contributed by atoms with van der Waals surface area (Å²) >= 11 is 0. The van der Waals surface area contributed by atoms with Gasteiger partial charge in [-0.3, -0.25) is 4.79 Å². The molecular weight excluding hydrogens is 244 g/mol. The molecule has 1 saturated carbocycles. The first-order valence-corrected chi connectivity index (χ1v) is 6.48. The largest absolute Gasteiger partial charge is 0.482 e. The van der Waals surface area contributed by atoms with Gasteiger partial charge in [-0.2, -0.15) is 0 Å². The van der Waals surface area contributed by atoms with Crippen molar-refractivity contribution in [3.05, 3.63) is 18.2 Å². The van der Waals surface area contributed by atoms with E-state index >= 15 is 0 Å². The van der Waals surface area contributed by atoms with Gasteiger partial charge in [0, 0.05) is 17.1 Å². The van der Waals surface area contributed by atoms with Gasteiger partial charge < -0.3 is 20.5 Å². The molecule has 102 valence electrons. The number of hydrogen-bond acceptors (Lipinski definition) is 4. The van der Waals surface area contributed by atoms with Gasteiger partial charge in [0.2, 0.25) is 0 Å². The molecule has 3 rings (SSSR count). The summed E-state index contributed by atoms with van der Waals surface area (Å²) in [6, 6.07) is 5.88. The Labute approximate surface area is 112 Å². The van der Waals surface area contributed by atoms with Crippen molar-refractivity contribution in [1.82, 2.24) is 0 Å². The first kappa shape index (κ1) is 12.3. The molecule has 2 aliphatic rings. The second-order valence-electron chi connectivity index (χ2n) is 5.82. The molecule has 2 atom stereocenters. The average molecular weight is 262 g/mol.